The molecular weight excluding hydrogens is 299 g/mol. The van der Waals surface area contributed by atoms with Gasteiger partial charge in [0.05, 0.1) is 18.7 Å². The van der Waals surface area contributed by atoms with Crippen LogP contribution in [0.15, 0.2) is 24.3 Å². The number of amides is 1. The maximum absolute atomic E-state index is 13.3. The van der Waals surface area contributed by atoms with Gasteiger partial charge in [-0.2, -0.15) is 0 Å². The maximum atomic E-state index is 13.3. The second kappa shape index (κ2) is 6.45. The van der Waals surface area contributed by atoms with Crippen molar-refractivity contribution in [2.75, 3.05) is 20.3 Å². The van der Waals surface area contributed by atoms with Gasteiger partial charge >= 0.3 is 0 Å². The molecule has 0 saturated carbocycles. The molecule has 1 atom stereocenters. The number of hydrogen-bond donors (Lipinski definition) is 0. The van der Waals surface area contributed by atoms with E-state index in [4.69, 9.17) is 4.74 Å². The van der Waals surface area contributed by atoms with Crippen LogP contribution in [0.3, 0.4) is 0 Å². The van der Waals surface area contributed by atoms with Crippen LogP contribution in [-0.4, -0.2) is 46.1 Å². The average molecular weight is 318 g/mol. The van der Waals surface area contributed by atoms with Crippen LogP contribution in [0.5, 0.6) is 0 Å². The van der Waals surface area contributed by atoms with Crippen LogP contribution in [0.25, 0.3) is 0 Å². The van der Waals surface area contributed by atoms with E-state index in [0.717, 1.165) is 11.4 Å². The number of methoxy groups -OCH3 is 1. The van der Waals surface area contributed by atoms with Crippen molar-refractivity contribution in [1.29, 1.82) is 0 Å². The van der Waals surface area contributed by atoms with Crippen LogP contribution in [0.2, 0.25) is 0 Å². The predicted molar refractivity (Wildman–Crippen MR) is 81.1 cm³/mol. The third-order valence-corrected chi connectivity index (χ3v) is 4.14. The molecule has 0 bridgehead atoms. The first kappa shape index (κ1) is 15.6. The van der Waals surface area contributed by atoms with Crippen LogP contribution < -0.4 is 0 Å². The van der Waals surface area contributed by atoms with E-state index in [2.05, 4.69) is 10.3 Å². The molecule has 0 saturated heterocycles. The summed E-state index contributed by atoms with van der Waals surface area (Å²) in [6, 6.07) is 5.87. The number of hydrogen-bond acceptors (Lipinski definition) is 4. The molecule has 0 radical (unpaired) electrons. The minimum Gasteiger partial charge on any atom is -0.382 e. The van der Waals surface area contributed by atoms with Gasteiger partial charge in [-0.25, -0.2) is 4.39 Å². The third kappa shape index (κ3) is 3.10. The summed E-state index contributed by atoms with van der Waals surface area (Å²) < 4.78 is 20.3. The van der Waals surface area contributed by atoms with Crippen LogP contribution >= 0.6 is 0 Å². The summed E-state index contributed by atoms with van der Waals surface area (Å²) in [4.78, 5) is 14.4. The summed E-state index contributed by atoms with van der Waals surface area (Å²) in [5.74, 6) is -0.396. The van der Waals surface area contributed by atoms with Gasteiger partial charge in [-0.15, -0.1) is 5.10 Å². The molecule has 2 aromatic rings. The first-order valence-corrected chi connectivity index (χ1v) is 7.51. The van der Waals surface area contributed by atoms with Gasteiger partial charge in [0.25, 0.3) is 0 Å². The zero-order chi connectivity index (χ0) is 16.4. The Hall–Kier alpha value is -2.28. The molecule has 1 aliphatic rings. The summed E-state index contributed by atoms with van der Waals surface area (Å²) in [5, 5.41) is 8.23. The lowest BCUT2D eigenvalue weighted by atomic mass is 10.0. The standard InChI is InChI=1S/C16H19FN4O2/c1-20-13-6-7-21(14(10-23-2)16(13)18-19-20)15(22)9-11-4-3-5-12(17)8-11/h3-5,8,14H,6-7,9-10H2,1-2H3. The minimum atomic E-state index is -0.335. The van der Waals surface area contributed by atoms with Crippen LogP contribution in [0, 0.1) is 5.82 Å². The SMILES string of the molecule is COCC1c2nnn(C)c2CCN1C(=O)Cc1cccc(F)c1. The van der Waals surface area contributed by atoms with E-state index < -0.39 is 0 Å². The fourth-order valence-electron chi connectivity index (χ4n) is 3.02. The zero-order valence-corrected chi connectivity index (χ0v) is 13.2. The number of aryl methyl sites for hydroxylation is 1. The molecule has 0 spiro atoms. The molecule has 1 amide bonds. The Kier molecular flexibility index (Phi) is 4.38. The second-order valence-corrected chi connectivity index (χ2v) is 5.66. The highest BCUT2D eigenvalue weighted by Gasteiger charge is 2.34. The Morgan fingerprint density at radius 1 is 1.48 bits per heavy atom. The van der Waals surface area contributed by atoms with E-state index in [1.54, 1.807) is 28.8 Å². The Morgan fingerprint density at radius 2 is 2.30 bits per heavy atom. The quantitative estimate of drug-likeness (QED) is 0.852. The predicted octanol–water partition coefficient (Wildman–Crippen LogP) is 1.27. The topological polar surface area (TPSA) is 60.3 Å². The highest BCUT2D eigenvalue weighted by atomic mass is 19.1. The van der Waals surface area contributed by atoms with E-state index in [9.17, 15) is 9.18 Å². The smallest absolute Gasteiger partial charge is 0.227 e. The van der Waals surface area contributed by atoms with E-state index in [0.29, 0.717) is 25.1 Å². The van der Waals surface area contributed by atoms with Crippen molar-refractivity contribution in [3.8, 4) is 0 Å². The normalized spacial score (nSPS) is 17.2. The maximum Gasteiger partial charge on any atom is 0.227 e. The minimum absolute atomic E-state index is 0.0612. The molecule has 0 aliphatic carbocycles. The molecule has 0 fully saturated rings. The van der Waals surface area contributed by atoms with Crippen molar-refractivity contribution < 1.29 is 13.9 Å². The lowest BCUT2D eigenvalue weighted by Gasteiger charge is -2.34. The van der Waals surface area contributed by atoms with E-state index in [1.165, 1.54) is 12.1 Å². The van der Waals surface area contributed by atoms with Crippen molar-refractivity contribution in [1.82, 2.24) is 19.9 Å². The molecule has 1 aliphatic heterocycles. The molecule has 122 valence electrons. The van der Waals surface area contributed by atoms with Gasteiger partial charge in [0.15, 0.2) is 0 Å². The molecule has 7 heteroatoms. The first-order valence-electron chi connectivity index (χ1n) is 7.51. The van der Waals surface area contributed by atoms with E-state index in [-0.39, 0.29) is 24.2 Å². The summed E-state index contributed by atoms with van der Waals surface area (Å²) >= 11 is 0. The molecule has 6 nitrogen and oxygen atoms in total. The van der Waals surface area contributed by atoms with E-state index >= 15 is 0 Å². The van der Waals surface area contributed by atoms with Crippen LogP contribution in [0.1, 0.15) is 23.0 Å². The van der Waals surface area contributed by atoms with Gasteiger partial charge in [0.2, 0.25) is 5.91 Å². The van der Waals surface area contributed by atoms with Gasteiger partial charge in [0, 0.05) is 27.1 Å². The summed E-state index contributed by atoms with van der Waals surface area (Å²) in [7, 11) is 3.44. The van der Waals surface area contributed by atoms with Gasteiger partial charge in [0.1, 0.15) is 17.6 Å². The number of rotatable bonds is 4. The largest absolute Gasteiger partial charge is 0.382 e. The molecule has 1 aromatic carbocycles. The summed E-state index contributed by atoms with van der Waals surface area (Å²) in [6.45, 7) is 0.941. The molecule has 3 rings (SSSR count). The fraction of sp³-hybridized carbons (Fsp3) is 0.438. The molecular formula is C16H19FN4O2. The van der Waals surface area contributed by atoms with Gasteiger partial charge in [-0.05, 0) is 17.7 Å². The average Bonchev–Trinajstić information content (AvgIpc) is 2.90. The Labute approximate surface area is 133 Å². The number of carbonyl (C=O) groups is 1. The Morgan fingerprint density at radius 3 is 3.04 bits per heavy atom. The molecule has 2 heterocycles. The number of carbonyl (C=O) groups excluding carboxylic acids is 1. The Bertz CT molecular complexity index is 716. The van der Waals surface area contributed by atoms with Crippen molar-refractivity contribution in [3.63, 3.8) is 0 Å². The van der Waals surface area contributed by atoms with Crippen LogP contribution in [-0.2, 0) is 29.4 Å². The zero-order valence-electron chi connectivity index (χ0n) is 13.2. The summed E-state index contributed by atoms with van der Waals surface area (Å²) in [6.07, 6.45) is 0.863. The van der Waals surface area contributed by atoms with Gasteiger partial charge in [-0.1, -0.05) is 17.3 Å². The fourth-order valence-corrected chi connectivity index (χ4v) is 3.02. The third-order valence-electron chi connectivity index (χ3n) is 4.14. The number of benzene rings is 1. The lowest BCUT2D eigenvalue weighted by molar-refractivity contribution is -0.134. The Balaban J connectivity index is 1.82. The van der Waals surface area contributed by atoms with Gasteiger partial charge < -0.3 is 9.64 Å². The second-order valence-electron chi connectivity index (χ2n) is 5.66. The molecule has 23 heavy (non-hydrogen) atoms. The first-order chi connectivity index (χ1) is 11.1. The molecule has 1 unspecified atom stereocenters. The van der Waals surface area contributed by atoms with Crippen molar-refractivity contribution in [2.24, 2.45) is 7.05 Å². The highest BCUT2D eigenvalue weighted by Crippen LogP contribution is 2.28. The van der Waals surface area contributed by atoms with Crippen molar-refractivity contribution in [2.45, 2.75) is 18.9 Å². The van der Waals surface area contributed by atoms with Gasteiger partial charge in [-0.3, -0.25) is 9.48 Å². The van der Waals surface area contributed by atoms with Crippen LogP contribution in [0.4, 0.5) is 4.39 Å². The number of aromatic nitrogens is 3. The highest BCUT2D eigenvalue weighted by molar-refractivity contribution is 5.79. The van der Waals surface area contributed by atoms with E-state index in [1.807, 2.05) is 7.05 Å². The number of nitrogens with zero attached hydrogens (tertiary/aromatic N) is 4. The lowest BCUT2D eigenvalue weighted by Crippen LogP contribution is -2.43. The molecule has 0 N–H and O–H groups in total. The van der Waals surface area contributed by atoms with Crippen molar-refractivity contribution >= 4 is 5.91 Å². The number of halogens is 1. The number of ether oxygens (including phenoxy) is 1. The number of fused-ring (bicyclic) bond motifs is 1. The van der Waals surface area contributed by atoms with Crippen molar-refractivity contribution in [3.05, 3.63) is 47.0 Å². The monoisotopic (exact) mass is 318 g/mol. The molecule has 1 aromatic heterocycles. The summed E-state index contributed by atoms with van der Waals surface area (Å²) in [5.41, 5.74) is 2.48.